The fraction of sp³-hybridized carbons (Fsp3) is 0.300. The molecule has 1 aliphatic rings. The summed E-state index contributed by atoms with van der Waals surface area (Å²) in [6, 6.07) is 8.41. The minimum absolute atomic E-state index is 0.00293. The monoisotopic (exact) mass is 410 g/mol. The molecule has 0 aliphatic carbocycles. The van der Waals surface area contributed by atoms with Crippen LogP contribution in [0.5, 0.6) is 0 Å². The molecule has 1 atom stereocenters. The Bertz CT molecular complexity index is 923. The quantitative estimate of drug-likeness (QED) is 0.776. The molecule has 0 spiro atoms. The number of nitrogens with zero attached hydrogens (tertiary/aromatic N) is 1. The van der Waals surface area contributed by atoms with Crippen molar-refractivity contribution in [2.45, 2.75) is 26.4 Å². The summed E-state index contributed by atoms with van der Waals surface area (Å²) in [6.45, 7) is 3.98. The van der Waals surface area contributed by atoms with E-state index in [-0.39, 0.29) is 29.6 Å². The van der Waals surface area contributed by atoms with Crippen molar-refractivity contribution in [2.24, 2.45) is 5.92 Å². The van der Waals surface area contributed by atoms with Crippen LogP contribution in [0, 0.1) is 19.8 Å². The van der Waals surface area contributed by atoms with Gasteiger partial charge in [-0.3, -0.25) is 9.59 Å². The maximum absolute atomic E-state index is 12.9. The Morgan fingerprint density at radius 1 is 1.14 bits per heavy atom. The second kappa shape index (κ2) is 7.47. The van der Waals surface area contributed by atoms with Gasteiger partial charge in [0, 0.05) is 18.7 Å². The predicted octanol–water partition coefficient (Wildman–Crippen LogP) is 4.97. The lowest BCUT2D eigenvalue weighted by molar-refractivity contribution is -0.137. The Kier molecular flexibility index (Phi) is 5.39. The first-order chi connectivity index (χ1) is 13.0. The zero-order valence-corrected chi connectivity index (χ0v) is 16.0. The van der Waals surface area contributed by atoms with E-state index in [4.69, 9.17) is 11.6 Å². The van der Waals surface area contributed by atoms with Crippen molar-refractivity contribution in [3.63, 3.8) is 0 Å². The van der Waals surface area contributed by atoms with Crippen LogP contribution >= 0.6 is 11.6 Å². The summed E-state index contributed by atoms with van der Waals surface area (Å²) in [4.78, 5) is 26.5. The SMILES string of the molecule is Cc1cc(C)cc(N2C[C@@H](C(=O)Nc3cc(C(F)(F)F)ccc3Cl)CC2=O)c1. The van der Waals surface area contributed by atoms with Crippen LogP contribution in [-0.4, -0.2) is 18.4 Å². The molecule has 148 valence electrons. The molecule has 1 saturated heterocycles. The summed E-state index contributed by atoms with van der Waals surface area (Å²) < 4.78 is 38.7. The third-order valence-electron chi connectivity index (χ3n) is 4.57. The number of benzene rings is 2. The molecule has 0 unspecified atom stereocenters. The number of halogens is 4. The van der Waals surface area contributed by atoms with E-state index in [0.29, 0.717) is 5.69 Å². The van der Waals surface area contributed by atoms with Gasteiger partial charge in [-0.05, 0) is 55.3 Å². The van der Waals surface area contributed by atoms with Crippen LogP contribution in [0.2, 0.25) is 5.02 Å². The highest BCUT2D eigenvalue weighted by Gasteiger charge is 2.36. The third kappa shape index (κ3) is 4.30. The Morgan fingerprint density at radius 2 is 1.79 bits per heavy atom. The summed E-state index contributed by atoms with van der Waals surface area (Å²) in [5.41, 5.74) is 1.65. The number of aryl methyl sites for hydroxylation is 2. The van der Waals surface area contributed by atoms with Gasteiger partial charge >= 0.3 is 6.18 Å². The summed E-state index contributed by atoms with van der Waals surface area (Å²) in [6.07, 6.45) is -4.57. The van der Waals surface area contributed by atoms with Crippen molar-refractivity contribution in [2.75, 3.05) is 16.8 Å². The topological polar surface area (TPSA) is 49.4 Å². The third-order valence-corrected chi connectivity index (χ3v) is 4.90. The molecule has 8 heteroatoms. The molecule has 0 aromatic heterocycles. The molecule has 2 aromatic carbocycles. The van der Waals surface area contributed by atoms with Crippen molar-refractivity contribution >= 4 is 34.8 Å². The first kappa shape index (κ1) is 20.2. The van der Waals surface area contributed by atoms with E-state index in [1.54, 1.807) is 0 Å². The Morgan fingerprint density at radius 3 is 2.39 bits per heavy atom. The molecule has 4 nitrogen and oxygen atoms in total. The Labute approximate surface area is 165 Å². The highest BCUT2D eigenvalue weighted by molar-refractivity contribution is 6.33. The van der Waals surface area contributed by atoms with Crippen LogP contribution in [0.1, 0.15) is 23.1 Å². The van der Waals surface area contributed by atoms with E-state index in [1.165, 1.54) is 4.90 Å². The first-order valence-corrected chi connectivity index (χ1v) is 8.98. The van der Waals surface area contributed by atoms with E-state index in [9.17, 15) is 22.8 Å². The predicted molar refractivity (Wildman–Crippen MR) is 101 cm³/mol. The van der Waals surface area contributed by atoms with Gasteiger partial charge in [-0.25, -0.2) is 0 Å². The lowest BCUT2D eigenvalue weighted by atomic mass is 10.1. The van der Waals surface area contributed by atoms with Crippen molar-refractivity contribution in [3.05, 3.63) is 58.1 Å². The maximum Gasteiger partial charge on any atom is 0.416 e. The molecule has 1 heterocycles. The van der Waals surface area contributed by atoms with E-state index in [0.717, 1.165) is 29.3 Å². The van der Waals surface area contributed by atoms with Crippen molar-refractivity contribution in [1.82, 2.24) is 0 Å². The van der Waals surface area contributed by atoms with Gasteiger partial charge in [0.25, 0.3) is 0 Å². The highest BCUT2D eigenvalue weighted by Crippen LogP contribution is 2.34. The van der Waals surface area contributed by atoms with Crippen molar-refractivity contribution in [1.29, 1.82) is 0 Å². The van der Waals surface area contributed by atoms with Crippen LogP contribution in [-0.2, 0) is 15.8 Å². The molecular weight excluding hydrogens is 393 g/mol. The van der Waals surface area contributed by atoms with Gasteiger partial charge in [0.1, 0.15) is 0 Å². The molecule has 3 rings (SSSR count). The molecule has 28 heavy (non-hydrogen) atoms. The van der Waals surface area contributed by atoms with E-state index in [1.807, 2.05) is 32.0 Å². The van der Waals surface area contributed by atoms with Gasteiger partial charge in [0.2, 0.25) is 11.8 Å². The summed E-state index contributed by atoms with van der Waals surface area (Å²) >= 11 is 5.93. The van der Waals surface area contributed by atoms with Crippen LogP contribution in [0.25, 0.3) is 0 Å². The average molecular weight is 411 g/mol. The highest BCUT2D eigenvalue weighted by atomic mass is 35.5. The fourth-order valence-electron chi connectivity index (χ4n) is 3.27. The lowest BCUT2D eigenvalue weighted by Gasteiger charge is -2.18. The fourth-order valence-corrected chi connectivity index (χ4v) is 3.44. The molecule has 0 radical (unpaired) electrons. The summed E-state index contributed by atoms with van der Waals surface area (Å²) in [7, 11) is 0. The van der Waals surface area contributed by atoms with Crippen LogP contribution in [0.3, 0.4) is 0 Å². The standard InChI is InChI=1S/C20H18ClF3N2O2/c1-11-5-12(2)7-15(6-11)26-10-13(8-18(26)27)19(28)25-17-9-14(20(22,23)24)3-4-16(17)21/h3-7,9,13H,8,10H2,1-2H3,(H,25,28)/t13-/m0/s1. The molecule has 0 saturated carbocycles. The van der Waals surface area contributed by atoms with Gasteiger partial charge in [-0.1, -0.05) is 17.7 Å². The molecule has 1 N–H and O–H groups in total. The number of hydrogen-bond acceptors (Lipinski definition) is 2. The van der Waals surface area contributed by atoms with Gasteiger partial charge in [-0.15, -0.1) is 0 Å². The number of alkyl halides is 3. The molecule has 2 aromatic rings. The lowest BCUT2D eigenvalue weighted by Crippen LogP contribution is -2.28. The minimum atomic E-state index is -4.55. The minimum Gasteiger partial charge on any atom is -0.324 e. The molecule has 1 fully saturated rings. The largest absolute Gasteiger partial charge is 0.416 e. The zero-order valence-electron chi connectivity index (χ0n) is 15.2. The zero-order chi connectivity index (χ0) is 20.6. The molecule has 0 bridgehead atoms. The van der Waals surface area contributed by atoms with E-state index < -0.39 is 23.6 Å². The maximum atomic E-state index is 12.9. The molecule has 1 aliphatic heterocycles. The van der Waals surface area contributed by atoms with Gasteiger partial charge in [0.15, 0.2) is 0 Å². The van der Waals surface area contributed by atoms with Crippen LogP contribution < -0.4 is 10.2 Å². The number of hydrogen-bond donors (Lipinski definition) is 1. The normalized spacial score (nSPS) is 17.1. The van der Waals surface area contributed by atoms with E-state index in [2.05, 4.69) is 5.32 Å². The second-order valence-corrected chi connectivity index (χ2v) is 7.34. The number of anilines is 2. The summed E-state index contributed by atoms with van der Waals surface area (Å²) in [5, 5.41) is 2.43. The average Bonchev–Trinajstić information content (AvgIpc) is 2.97. The number of carbonyl (C=O) groups excluding carboxylic acids is 2. The number of nitrogens with one attached hydrogen (secondary N) is 1. The van der Waals surface area contributed by atoms with Gasteiger partial charge < -0.3 is 10.2 Å². The molecular formula is C20H18ClF3N2O2. The number of amides is 2. The van der Waals surface area contributed by atoms with Crippen molar-refractivity contribution in [3.8, 4) is 0 Å². The van der Waals surface area contributed by atoms with E-state index >= 15 is 0 Å². The first-order valence-electron chi connectivity index (χ1n) is 8.61. The van der Waals surface area contributed by atoms with Gasteiger partial charge in [0.05, 0.1) is 22.2 Å². The number of carbonyl (C=O) groups is 2. The van der Waals surface area contributed by atoms with Crippen LogP contribution in [0.4, 0.5) is 24.5 Å². The van der Waals surface area contributed by atoms with Crippen molar-refractivity contribution < 1.29 is 22.8 Å². The Balaban J connectivity index is 1.77. The molecule has 2 amide bonds. The summed E-state index contributed by atoms with van der Waals surface area (Å²) in [5.74, 6) is -1.43. The van der Waals surface area contributed by atoms with Crippen LogP contribution in [0.15, 0.2) is 36.4 Å². The second-order valence-electron chi connectivity index (χ2n) is 6.93. The smallest absolute Gasteiger partial charge is 0.324 e. The van der Waals surface area contributed by atoms with Gasteiger partial charge in [-0.2, -0.15) is 13.2 Å². The number of rotatable bonds is 3. The Hall–Kier alpha value is -2.54.